The molecule has 0 unspecified atom stereocenters. The second-order valence-corrected chi connectivity index (χ2v) is 4.70. The summed E-state index contributed by atoms with van der Waals surface area (Å²) in [5.74, 6) is 0. The molecule has 20 heavy (non-hydrogen) atoms. The van der Waals surface area contributed by atoms with Crippen LogP contribution < -0.4 is 0 Å². The largest absolute Gasteiger partial charge is 0.244 e. The molecule has 93 valence electrons. The lowest BCUT2D eigenvalue weighted by atomic mass is 10.0. The van der Waals surface area contributed by atoms with Gasteiger partial charge in [0.15, 0.2) is 0 Å². The first-order valence-electron chi connectivity index (χ1n) is 6.54. The first-order valence-corrected chi connectivity index (χ1v) is 6.54. The molecule has 1 radical (unpaired) electrons. The van der Waals surface area contributed by atoms with Crippen LogP contribution in [0, 0.1) is 6.20 Å². The topological polar surface area (TPSA) is 25.8 Å². The summed E-state index contributed by atoms with van der Waals surface area (Å²) in [7, 11) is 0. The Labute approximate surface area is 116 Å². The zero-order valence-corrected chi connectivity index (χ0v) is 10.7. The Balaban J connectivity index is 2.01. The van der Waals surface area contributed by atoms with Crippen molar-refractivity contribution in [3.63, 3.8) is 0 Å². The van der Waals surface area contributed by atoms with E-state index in [9.17, 15) is 0 Å². The summed E-state index contributed by atoms with van der Waals surface area (Å²) >= 11 is 0. The molecule has 0 bridgehead atoms. The maximum Gasteiger partial charge on any atom is 0.118 e. The van der Waals surface area contributed by atoms with Gasteiger partial charge in [0.1, 0.15) is 6.20 Å². The van der Waals surface area contributed by atoms with E-state index in [0.717, 1.165) is 22.3 Å². The third-order valence-electron chi connectivity index (χ3n) is 3.44. The zero-order valence-electron chi connectivity index (χ0n) is 10.7. The highest BCUT2D eigenvalue weighted by molar-refractivity contribution is 5.96. The predicted molar refractivity (Wildman–Crippen MR) is 81.3 cm³/mol. The zero-order chi connectivity index (χ0) is 13.4. The van der Waals surface area contributed by atoms with Crippen molar-refractivity contribution in [2.45, 2.75) is 0 Å². The van der Waals surface area contributed by atoms with Crippen molar-refractivity contribution >= 4 is 21.8 Å². The van der Waals surface area contributed by atoms with Gasteiger partial charge in [-0.25, -0.2) is 9.97 Å². The van der Waals surface area contributed by atoms with Gasteiger partial charge in [-0.2, -0.15) is 0 Å². The molecule has 0 N–H and O–H groups in total. The van der Waals surface area contributed by atoms with Crippen molar-refractivity contribution in [3.8, 4) is 11.3 Å². The summed E-state index contributed by atoms with van der Waals surface area (Å²) in [5.41, 5.74) is 3.63. The lowest BCUT2D eigenvalue weighted by Gasteiger charge is -2.06. The average molecular weight is 255 g/mol. The highest BCUT2D eigenvalue weighted by Gasteiger charge is 2.06. The number of benzene rings is 3. The lowest BCUT2D eigenvalue weighted by molar-refractivity contribution is 1.28. The molecule has 2 nitrogen and oxygen atoms in total. The molecule has 0 aliphatic carbocycles. The number of nitrogens with zero attached hydrogens (tertiary/aromatic N) is 2. The molecule has 0 fully saturated rings. The molecule has 0 aliphatic heterocycles. The summed E-state index contributed by atoms with van der Waals surface area (Å²) < 4.78 is 0. The SMILES string of the molecule is [c]1nc2ccccc2nc1-c1cccc2ccccc12. The number of para-hydroxylation sites is 2. The molecule has 2 heteroatoms. The second-order valence-electron chi connectivity index (χ2n) is 4.70. The van der Waals surface area contributed by atoms with Crippen LogP contribution in [-0.4, -0.2) is 9.97 Å². The highest BCUT2D eigenvalue weighted by atomic mass is 14.8. The van der Waals surface area contributed by atoms with E-state index in [1.54, 1.807) is 0 Å². The van der Waals surface area contributed by atoms with Crippen molar-refractivity contribution < 1.29 is 0 Å². The fourth-order valence-corrected chi connectivity index (χ4v) is 2.46. The molecular formula is C18H11N2. The van der Waals surface area contributed by atoms with Gasteiger partial charge in [0.2, 0.25) is 0 Å². The number of hydrogen-bond donors (Lipinski definition) is 0. The first-order chi connectivity index (χ1) is 9.92. The number of hydrogen-bond acceptors (Lipinski definition) is 2. The maximum atomic E-state index is 4.68. The fourth-order valence-electron chi connectivity index (χ4n) is 2.46. The molecule has 4 aromatic rings. The van der Waals surface area contributed by atoms with Crippen LogP contribution in [0.3, 0.4) is 0 Å². The van der Waals surface area contributed by atoms with E-state index in [-0.39, 0.29) is 0 Å². The minimum absolute atomic E-state index is 0.792. The molecule has 0 atom stereocenters. The quantitative estimate of drug-likeness (QED) is 0.508. The summed E-state index contributed by atoms with van der Waals surface area (Å²) in [6.45, 7) is 0. The van der Waals surface area contributed by atoms with Crippen LogP contribution in [0.4, 0.5) is 0 Å². The van der Waals surface area contributed by atoms with Crippen LogP contribution in [-0.2, 0) is 0 Å². The first kappa shape index (κ1) is 11.1. The lowest BCUT2D eigenvalue weighted by Crippen LogP contribution is -1.89. The van der Waals surface area contributed by atoms with Gasteiger partial charge in [0.25, 0.3) is 0 Å². The van der Waals surface area contributed by atoms with Crippen LogP contribution in [0.15, 0.2) is 66.7 Å². The van der Waals surface area contributed by atoms with Crippen LogP contribution >= 0.6 is 0 Å². The summed E-state index contributed by atoms with van der Waals surface area (Å²) in [6.07, 6.45) is 3.06. The molecule has 1 heterocycles. The van der Waals surface area contributed by atoms with Gasteiger partial charge in [-0.15, -0.1) is 0 Å². The molecule has 0 saturated carbocycles. The van der Waals surface area contributed by atoms with E-state index >= 15 is 0 Å². The average Bonchev–Trinajstić information content (AvgIpc) is 2.54. The maximum absolute atomic E-state index is 4.68. The van der Waals surface area contributed by atoms with Crippen LogP contribution in [0.25, 0.3) is 33.1 Å². The summed E-state index contributed by atoms with van der Waals surface area (Å²) in [5, 5.41) is 2.38. The van der Waals surface area contributed by atoms with Gasteiger partial charge >= 0.3 is 0 Å². The van der Waals surface area contributed by atoms with Crippen LogP contribution in [0.1, 0.15) is 0 Å². The van der Waals surface area contributed by atoms with Crippen LogP contribution in [0.5, 0.6) is 0 Å². The molecule has 0 saturated heterocycles. The van der Waals surface area contributed by atoms with E-state index in [1.165, 1.54) is 10.8 Å². The highest BCUT2D eigenvalue weighted by Crippen LogP contribution is 2.27. The predicted octanol–water partition coefficient (Wildman–Crippen LogP) is 4.25. The van der Waals surface area contributed by atoms with E-state index in [0.29, 0.717) is 0 Å². The van der Waals surface area contributed by atoms with Crippen molar-refractivity contribution in [2.75, 3.05) is 0 Å². The van der Waals surface area contributed by atoms with E-state index in [2.05, 4.69) is 40.4 Å². The molecule has 0 aliphatic rings. The smallest absolute Gasteiger partial charge is 0.118 e. The number of rotatable bonds is 1. The minimum atomic E-state index is 0.792. The van der Waals surface area contributed by atoms with Crippen molar-refractivity contribution in [1.82, 2.24) is 9.97 Å². The van der Waals surface area contributed by atoms with E-state index < -0.39 is 0 Å². The van der Waals surface area contributed by atoms with E-state index in [4.69, 9.17) is 0 Å². The molecule has 3 aromatic carbocycles. The van der Waals surface area contributed by atoms with Gasteiger partial charge < -0.3 is 0 Å². The standard InChI is InChI=1S/C18H11N2/c1-2-8-14-13(6-1)7-5-9-15(14)18-12-19-16-10-3-4-11-17(16)20-18/h1-11H. The molecule has 0 spiro atoms. The Bertz CT molecular complexity index is 908. The van der Waals surface area contributed by atoms with Crippen LogP contribution in [0.2, 0.25) is 0 Å². The molecule has 1 aromatic heterocycles. The second kappa shape index (κ2) is 4.42. The van der Waals surface area contributed by atoms with Crippen molar-refractivity contribution in [2.24, 2.45) is 0 Å². The van der Waals surface area contributed by atoms with E-state index in [1.807, 2.05) is 42.5 Å². The number of fused-ring (bicyclic) bond motifs is 2. The molecular weight excluding hydrogens is 244 g/mol. The molecule has 0 amide bonds. The third kappa shape index (κ3) is 1.74. The Kier molecular flexibility index (Phi) is 2.46. The Hall–Kier alpha value is -2.74. The monoisotopic (exact) mass is 255 g/mol. The van der Waals surface area contributed by atoms with Gasteiger partial charge in [0.05, 0.1) is 16.7 Å². The summed E-state index contributed by atoms with van der Waals surface area (Å²) in [4.78, 5) is 9.05. The van der Waals surface area contributed by atoms with Gasteiger partial charge in [-0.05, 0) is 22.9 Å². The van der Waals surface area contributed by atoms with Gasteiger partial charge in [0, 0.05) is 5.56 Å². The minimum Gasteiger partial charge on any atom is -0.244 e. The number of aromatic nitrogens is 2. The normalized spacial score (nSPS) is 11.0. The molecule has 4 rings (SSSR count). The van der Waals surface area contributed by atoms with Gasteiger partial charge in [-0.1, -0.05) is 54.6 Å². The van der Waals surface area contributed by atoms with Crippen molar-refractivity contribution in [3.05, 3.63) is 72.9 Å². The van der Waals surface area contributed by atoms with Gasteiger partial charge in [-0.3, -0.25) is 0 Å². The fraction of sp³-hybridized carbons (Fsp3) is 0. The third-order valence-corrected chi connectivity index (χ3v) is 3.44. The Morgan fingerprint density at radius 2 is 1.45 bits per heavy atom. The Morgan fingerprint density at radius 3 is 2.40 bits per heavy atom. The van der Waals surface area contributed by atoms with Crippen molar-refractivity contribution in [1.29, 1.82) is 0 Å². The Morgan fingerprint density at radius 1 is 0.700 bits per heavy atom. The summed E-state index contributed by atoms with van der Waals surface area (Å²) in [6, 6.07) is 22.4.